The van der Waals surface area contributed by atoms with E-state index in [4.69, 9.17) is 16.3 Å². The number of ether oxygens (including phenoxy) is 1. The van der Waals surface area contributed by atoms with Gasteiger partial charge in [-0.15, -0.1) is 0 Å². The van der Waals surface area contributed by atoms with Crippen molar-refractivity contribution in [1.82, 2.24) is 4.72 Å². The van der Waals surface area contributed by atoms with Gasteiger partial charge >= 0.3 is 0 Å². The Kier molecular flexibility index (Phi) is 4.80. The summed E-state index contributed by atoms with van der Waals surface area (Å²) in [6, 6.07) is 13.3. The lowest BCUT2D eigenvalue weighted by Gasteiger charge is -2.26. The predicted molar refractivity (Wildman–Crippen MR) is 87.8 cm³/mol. The lowest BCUT2D eigenvalue weighted by Crippen LogP contribution is -2.40. The number of sulfonamides is 1. The van der Waals surface area contributed by atoms with Crippen LogP contribution in [0.4, 0.5) is 0 Å². The molecule has 0 saturated carbocycles. The molecule has 22 heavy (non-hydrogen) atoms. The first-order valence-electron chi connectivity index (χ1n) is 6.69. The van der Waals surface area contributed by atoms with Crippen molar-refractivity contribution in [3.8, 4) is 5.75 Å². The second kappa shape index (κ2) is 6.28. The molecule has 0 atom stereocenters. The zero-order chi connectivity index (χ0) is 16.4. The summed E-state index contributed by atoms with van der Waals surface area (Å²) in [6.07, 6.45) is 0. The van der Waals surface area contributed by atoms with Crippen LogP contribution in [-0.4, -0.2) is 15.5 Å². The molecule has 0 unspecified atom stereocenters. The quantitative estimate of drug-likeness (QED) is 0.906. The fourth-order valence-electron chi connectivity index (χ4n) is 2.08. The maximum absolute atomic E-state index is 12.5. The minimum atomic E-state index is -3.64. The van der Waals surface area contributed by atoms with E-state index in [1.165, 1.54) is 19.2 Å². The largest absolute Gasteiger partial charge is 0.497 e. The highest BCUT2D eigenvalue weighted by Crippen LogP contribution is 2.25. The number of hydrogen-bond donors (Lipinski definition) is 1. The Bertz CT molecular complexity index is 738. The van der Waals surface area contributed by atoms with Gasteiger partial charge in [-0.3, -0.25) is 0 Å². The van der Waals surface area contributed by atoms with E-state index < -0.39 is 15.6 Å². The molecule has 1 N–H and O–H groups in total. The van der Waals surface area contributed by atoms with E-state index in [0.717, 1.165) is 5.56 Å². The molecule has 2 aromatic carbocycles. The second-order valence-electron chi connectivity index (χ2n) is 5.41. The van der Waals surface area contributed by atoms with Crippen LogP contribution in [-0.2, 0) is 15.6 Å². The Hall–Kier alpha value is -1.56. The molecule has 2 rings (SSSR count). The van der Waals surface area contributed by atoms with Crippen LogP contribution < -0.4 is 9.46 Å². The number of rotatable bonds is 5. The molecule has 0 heterocycles. The van der Waals surface area contributed by atoms with Crippen LogP contribution in [0.25, 0.3) is 0 Å². The maximum Gasteiger partial charge on any atom is 0.241 e. The van der Waals surface area contributed by atoms with Gasteiger partial charge in [0.25, 0.3) is 0 Å². The molecule has 0 radical (unpaired) electrons. The van der Waals surface area contributed by atoms with Gasteiger partial charge in [-0.05, 0) is 55.8 Å². The molecule has 0 aliphatic rings. The van der Waals surface area contributed by atoms with E-state index in [2.05, 4.69) is 4.72 Å². The highest BCUT2D eigenvalue weighted by molar-refractivity contribution is 7.89. The Balaban J connectivity index is 2.27. The number of hydrogen-bond acceptors (Lipinski definition) is 3. The molecule has 6 heteroatoms. The van der Waals surface area contributed by atoms with E-state index in [1.54, 1.807) is 50.2 Å². The average Bonchev–Trinajstić information content (AvgIpc) is 2.46. The van der Waals surface area contributed by atoms with Gasteiger partial charge in [0, 0.05) is 5.02 Å². The van der Waals surface area contributed by atoms with Crippen LogP contribution in [0.5, 0.6) is 5.75 Å². The van der Waals surface area contributed by atoms with E-state index in [-0.39, 0.29) is 4.90 Å². The first-order chi connectivity index (χ1) is 10.2. The van der Waals surface area contributed by atoms with E-state index in [9.17, 15) is 8.42 Å². The molecule has 118 valence electrons. The standard InChI is InChI=1S/C16H18ClNO3S/c1-16(2,12-4-6-13(17)7-5-12)18-22(19,20)15-10-8-14(21-3)9-11-15/h4-11,18H,1-3H3. The topological polar surface area (TPSA) is 55.4 Å². The summed E-state index contributed by atoms with van der Waals surface area (Å²) in [5.74, 6) is 0.607. The van der Waals surface area contributed by atoms with Gasteiger partial charge in [-0.25, -0.2) is 13.1 Å². The van der Waals surface area contributed by atoms with E-state index in [1.807, 2.05) is 0 Å². The predicted octanol–water partition coefficient (Wildman–Crippen LogP) is 3.56. The van der Waals surface area contributed by atoms with Crippen molar-refractivity contribution in [3.05, 3.63) is 59.1 Å². The van der Waals surface area contributed by atoms with Crippen LogP contribution in [0.2, 0.25) is 5.02 Å². The highest BCUT2D eigenvalue weighted by atomic mass is 35.5. The minimum absolute atomic E-state index is 0.190. The highest BCUT2D eigenvalue weighted by Gasteiger charge is 2.27. The van der Waals surface area contributed by atoms with Crippen LogP contribution in [0.15, 0.2) is 53.4 Å². The molecule has 2 aromatic rings. The third-order valence-electron chi connectivity index (χ3n) is 3.33. The number of halogens is 1. The van der Waals surface area contributed by atoms with Gasteiger partial charge in [-0.2, -0.15) is 0 Å². The van der Waals surface area contributed by atoms with Gasteiger partial charge in [-0.1, -0.05) is 23.7 Å². The number of methoxy groups -OCH3 is 1. The SMILES string of the molecule is COc1ccc(S(=O)(=O)NC(C)(C)c2ccc(Cl)cc2)cc1. The van der Waals surface area contributed by atoms with Crippen molar-refractivity contribution in [2.75, 3.05) is 7.11 Å². The minimum Gasteiger partial charge on any atom is -0.497 e. The summed E-state index contributed by atoms with van der Waals surface area (Å²) in [5, 5.41) is 0.609. The summed E-state index contributed by atoms with van der Waals surface area (Å²) in [7, 11) is -2.11. The third kappa shape index (κ3) is 3.80. The molecule has 0 bridgehead atoms. The first-order valence-corrected chi connectivity index (χ1v) is 8.55. The van der Waals surface area contributed by atoms with Crippen molar-refractivity contribution in [3.63, 3.8) is 0 Å². The maximum atomic E-state index is 12.5. The van der Waals surface area contributed by atoms with Gasteiger partial charge in [0.15, 0.2) is 0 Å². The Morgan fingerprint density at radius 2 is 1.55 bits per heavy atom. The van der Waals surface area contributed by atoms with Crippen LogP contribution in [0.1, 0.15) is 19.4 Å². The Morgan fingerprint density at radius 1 is 1.00 bits per heavy atom. The summed E-state index contributed by atoms with van der Waals surface area (Å²) in [6.45, 7) is 3.61. The Morgan fingerprint density at radius 3 is 2.05 bits per heavy atom. The zero-order valence-corrected chi connectivity index (χ0v) is 14.2. The lowest BCUT2D eigenvalue weighted by atomic mass is 9.96. The molecule has 0 fully saturated rings. The second-order valence-corrected chi connectivity index (χ2v) is 7.53. The molecule has 0 aliphatic heterocycles. The molecular formula is C16H18ClNO3S. The molecule has 4 nitrogen and oxygen atoms in total. The zero-order valence-electron chi connectivity index (χ0n) is 12.6. The van der Waals surface area contributed by atoms with E-state index in [0.29, 0.717) is 10.8 Å². The fraction of sp³-hybridized carbons (Fsp3) is 0.250. The third-order valence-corrected chi connectivity index (χ3v) is 5.25. The first kappa shape index (κ1) is 16.8. The average molecular weight is 340 g/mol. The normalized spacial score (nSPS) is 12.2. The summed E-state index contributed by atoms with van der Waals surface area (Å²) >= 11 is 5.87. The molecule has 0 spiro atoms. The molecule has 0 aliphatic carbocycles. The van der Waals surface area contributed by atoms with Crippen molar-refractivity contribution in [2.24, 2.45) is 0 Å². The smallest absolute Gasteiger partial charge is 0.241 e. The van der Waals surface area contributed by atoms with Gasteiger partial charge in [0.1, 0.15) is 5.75 Å². The van der Waals surface area contributed by atoms with E-state index >= 15 is 0 Å². The molecule has 0 amide bonds. The molecule has 0 aromatic heterocycles. The van der Waals surface area contributed by atoms with Gasteiger partial charge < -0.3 is 4.74 Å². The molecule has 0 saturated heterocycles. The Labute approximate surface area is 136 Å². The van der Waals surface area contributed by atoms with Crippen LogP contribution in [0, 0.1) is 0 Å². The molecular weight excluding hydrogens is 322 g/mol. The van der Waals surface area contributed by atoms with Crippen molar-refractivity contribution >= 4 is 21.6 Å². The monoisotopic (exact) mass is 339 g/mol. The fourth-order valence-corrected chi connectivity index (χ4v) is 3.60. The van der Waals surface area contributed by atoms with Gasteiger partial charge in [0.2, 0.25) is 10.0 Å². The van der Waals surface area contributed by atoms with Crippen molar-refractivity contribution in [1.29, 1.82) is 0 Å². The summed E-state index contributed by atoms with van der Waals surface area (Å²) < 4.78 is 32.8. The lowest BCUT2D eigenvalue weighted by molar-refractivity contribution is 0.414. The summed E-state index contributed by atoms with van der Waals surface area (Å²) in [4.78, 5) is 0.190. The summed E-state index contributed by atoms with van der Waals surface area (Å²) in [5.41, 5.74) is 0.0672. The van der Waals surface area contributed by atoms with Crippen LogP contribution in [0.3, 0.4) is 0 Å². The van der Waals surface area contributed by atoms with Gasteiger partial charge in [0.05, 0.1) is 17.5 Å². The number of benzene rings is 2. The number of nitrogens with one attached hydrogen (secondary N) is 1. The van der Waals surface area contributed by atoms with Crippen molar-refractivity contribution < 1.29 is 13.2 Å². The van der Waals surface area contributed by atoms with Crippen LogP contribution >= 0.6 is 11.6 Å². The van der Waals surface area contributed by atoms with Crippen molar-refractivity contribution in [2.45, 2.75) is 24.3 Å².